The van der Waals surface area contributed by atoms with E-state index in [2.05, 4.69) is 11.9 Å². The van der Waals surface area contributed by atoms with E-state index in [1.165, 1.54) is 0 Å². The lowest BCUT2D eigenvalue weighted by Gasteiger charge is -2.23. The molecule has 2 aromatic carbocycles. The standard InChI is InChI=1S/C26H28N2O3/c1-4-17-28(19(3)29)18-21-15-16-27-25(24(21)20-11-7-6-8-12-20)22-13-9-10-14-23(22)26(30)31-5-2/h6-16H,4-5,17-18H2,1-3H3. The fraction of sp³-hybridized carbons (Fsp3) is 0.269. The molecule has 0 atom stereocenters. The number of carbonyl (C=O) groups excluding carboxylic acids is 2. The highest BCUT2D eigenvalue weighted by molar-refractivity contribution is 5.99. The summed E-state index contributed by atoms with van der Waals surface area (Å²) in [5.74, 6) is -0.341. The highest BCUT2D eigenvalue weighted by atomic mass is 16.5. The van der Waals surface area contributed by atoms with Crippen LogP contribution in [0.25, 0.3) is 22.4 Å². The second-order valence-corrected chi connectivity index (χ2v) is 7.27. The molecule has 1 heterocycles. The third-order valence-electron chi connectivity index (χ3n) is 5.08. The number of esters is 1. The van der Waals surface area contributed by atoms with E-state index in [0.29, 0.717) is 36.5 Å². The Bertz CT molecular complexity index is 1050. The average Bonchev–Trinajstić information content (AvgIpc) is 2.79. The molecule has 5 nitrogen and oxygen atoms in total. The van der Waals surface area contributed by atoms with Gasteiger partial charge in [-0.1, -0.05) is 55.5 Å². The van der Waals surface area contributed by atoms with Gasteiger partial charge in [-0.2, -0.15) is 0 Å². The summed E-state index contributed by atoms with van der Waals surface area (Å²) in [6.45, 7) is 6.90. The van der Waals surface area contributed by atoms with E-state index in [1.54, 1.807) is 26.1 Å². The van der Waals surface area contributed by atoms with Gasteiger partial charge in [-0.05, 0) is 36.6 Å². The van der Waals surface area contributed by atoms with E-state index in [9.17, 15) is 9.59 Å². The number of benzene rings is 2. The van der Waals surface area contributed by atoms with Crippen molar-refractivity contribution in [2.75, 3.05) is 13.2 Å². The summed E-state index contributed by atoms with van der Waals surface area (Å²) in [6.07, 6.45) is 2.62. The maximum Gasteiger partial charge on any atom is 0.338 e. The van der Waals surface area contributed by atoms with Crippen molar-refractivity contribution in [3.8, 4) is 22.4 Å². The number of nitrogens with zero attached hydrogens (tertiary/aromatic N) is 2. The first-order valence-corrected chi connectivity index (χ1v) is 10.6. The van der Waals surface area contributed by atoms with Crippen LogP contribution in [0.1, 0.15) is 43.1 Å². The Kier molecular flexibility index (Phi) is 7.55. The minimum Gasteiger partial charge on any atom is -0.462 e. The fourth-order valence-electron chi connectivity index (χ4n) is 3.66. The molecule has 0 saturated carbocycles. The van der Waals surface area contributed by atoms with Gasteiger partial charge in [0.25, 0.3) is 0 Å². The van der Waals surface area contributed by atoms with Gasteiger partial charge >= 0.3 is 5.97 Å². The monoisotopic (exact) mass is 416 g/mol. The third-order valence-corrected chi connectivity index (χ3v) is 5.08. The second-order valence-electron chi connectivity index (χ2n) is 7.27. The van der Waals surface area contributed by atoms with Crippen molar-refractivity contribution in [3.63, 3.8) is 0 Å². The van der Waals surface area contributed by atoms with E-state index in [0.717, 1.165) is 23.1 Å². The molecule has 31 heavy (non-hydrogen) atoms. The highest BCUT2D eigenvalue weighted by Crippen LogP contribution is 2.35. The van der Waals surface area contributed by atoms with Crippen LogP contribution in [0, 0.1) is 0 Å². The van der Waals surface area contributed by atoms with E-state index in [-0.39, 0.29) is 11.9 Å². The summed E-state index contributed by atoms with van der Waals surface area (Å²) in [6, 6.07) is 19.3. The minimum absolute atomic E-state index is 0.0335. The Morgan fingerprint density at radius 3 is 2.35 bits per heavy atom. The molecule has 0 radical (unpaired) electrons. The van der Waals surface area contributed by atoms with Crippen LogP contribution in [0.3, 0.4) is 0 Å². The van der Waals surface area contributed by atoms with E-state index in [4.69, 9.17) is 4.74 Å². The van der Waals surface area contributed by atoms with Crippen LogP contribution in [0.2, 0.25) is 0 Å². The number of rotatable bonds is 8. The molecule has 0 unspecified atom stereocenters. The highest BCUT2D eigenvalue weighted by Gasteiger charge is 2.21. The van der Waals surface area contributed by atoms with Crippen molar-refractivity contribution < 1.29 is 14.3 Å². The maximum atomic E-state index is 12.6. The summed E-state index contributed by atoms with van der Waals surface area (Å²) in [7, 11) is 0. The largest absolute Gasteiger partial charge is 0.462 e. The van der Waals surface area contributed by atoms with Crippen molar-refractivity contribution in [1.82, 2.24) is 9.88 Å². The van der Waals surface area contributed by atoms with Crippen LogP contribution in [0.5, 0.6) is 0 Å². The Labute approximate surface area is 183 Å². The fourth-order valence-corrected chi connectivity index (χ4v) is 3.66. The molecule has 0 bridgehead atoms. The number of pyridine rings is 1. The summed E-state index contributed by atoms with van der Waals surface area (Å²) in [5, 5.41) is 0. The third kappa shape index (κ3) is 5.18. The SMILES string of the molecule is CCCN(Cc1ccnc(-c2ccccc2C(=O)OCC)c1-c1ccccc1)C(C)=O. The number of hydrogen-bond donors (Lipinski definition) is 0. The molecule has 5 heteroatoms. The van der Waals surface area contributed by atoms with Crippen molar-refractivity contribution in [1.29, 1.82) is 0 Å². The summed E-state index contributed by atoms with van der Waals surface area (Å²) >= 11 is 0. The summed E-state index contributed by atoms with van der Waals surface area (Å²) in [4.78, 5) is 31.3. The Hall–Kier alpha value is -3.47. The first kappa shape index (κ1) is 22.2. The molecule has 0 fully saturated rings. The van der Waals surface area contributed by atoms with Crippen LogP contribution < -0.4 is 0 Å². The van der Waals surface area contributed by atoms with Gasteiger partial charge in [0.05, 0.1) is 17.9 Å². The zero-order chi connectivity index (χ0) is 22.2. The average molecular weight is 417 g/mol. The zero-order valence-corrected chi connectivity index (χ0v) is 18.3. The normalized spacial score (nSPS) is 10.5. The van der Waals surface area contributed by atoms with Crippen LogP contribution in [0.15, 0.2) is 66.9 Å². The van der Waals surface area contributed by atoms with Gasteiger partial charge in [0, 0.05) is 37.3 Å². The molecule has 3 aromatic rings. The number of aromatic nitrogens is 1. The van der Waals surface area contributed by atoms with Gasteiger partial charge in [-0.25, -0.2) is 4.79 Å². The van der Waals surface area contributed by atoms with Crippen LogP contribution in [-0.2, 0) is 16.1 Å². The van der Waals surface area contributed by atoms with E-state index < -0.39 is 0 Å². The smallest absolute Gasteiger partial charge is 0.338 e. The van der Waals surface area contributed by atoms with E-state index >= 15 is 0 Å². The summed E-state index contributed by atoms with van der Waals surface area (Å²) in [5.41, 5.74) is 4.78. The Morgan fingerprint density at radius 1 is 0.968 bits per heavy atom. The first-order valence-electron chi connectivity index (χ1n) is 10.6. The molecule has 160 valence electrons. The summed E-state index contributed by atoms with van der Waals surface area (Å²) < 4.78 is 5.27. The van der Waals surface area contributed by atoms with Gasteiger partial charge in [0.15, 0.2) is 0 Å². The molecule has 1 aromatic heterocycles. The van der Waals surface area contributed by atoms with Gasteiger partial charge in [0.1, 0.15) is 0 Å². The van der Waals surface area contributed by atoms with Crippen LogP contribution in [0.4, 0.5) is 0 Å². The van der Waals surface area contributed by atoms with Crippen molar-refractivity contribution in [3.05, 3.63) is 78.0 Å². The number of carbonyl (C=O) groups is 2. The predicted molar refractivity (Wildman–Crippen MR) is 122 cm³/mol. The molecule has 1 amide bonds. The number of amides is 1. The second kappa shape index (κ2) is 10.5. The van der Waals surface area contributed by atoms with Crippen molar-refractivity contribution in [2.45, 2.75) is 33.7 Å². The molecule has 0 aliphatic carbocycles. The molecule has 3 rings (SSSR count). The van der Waals surface area contributed by atoms with Gasteiger partial charge < -0.3 is 9.64 Å². The first-order chi connectivity index (χ1) is 15.1. The molecule has 0 spiro atoms. The van der Waals surface area contributed by atoms with Crippen LogP contribution in [-0.4, -0.2) is 34.9 Å². The lowest BCUT2D eigenvalue weighted by molar-refractivity contribution is -0.129. The van der Waals surface area contributed by atoms with Crippen molar-refractivity contribution in [2.24, 2.45) is 0 Å². The lowest BCUT2D eigenvalue weighted by Crippen LogP contribution is -2.29. The lowest BCUT2D eigenvalue weighted by atomic mass is 9.92. The molecule has 0 saturated heterocycles. The number of ether oxygens (including phenoxy) is 1. The quantitative estimate of drug-likeness (QED) is 0.465. The maximum absolute atomic E-state index is 12.6. The van der Waals surface area contributed by atoms with Gasteiger partial charge in [-0.15, -0.1) is 0 Å². The minimum atomic E-state index is -0.374. The number of hydrogen-bond acceptors (Lipinski definition) is 4. The predicted octanol–water partition coefficient (Wildman–Crippen LogP) is 5.35. The topological polar surface area (TPSA) is 59.5 Å². The van der Waals surface area contributed by atoms with Gasteiger partial charge in [-0.3, -0.25) is 9.78 Å². The van der Waals surface area contributed by atoms with Gasteiger partial charge in [0.2, 0.25) is 5.91 Å². The van der Waals surface area contributed by atoms with Crippen LogP contribution >= 0.6 is 0 Å². The molecule has 0 aliphatic heterocycles. The van der Waals surface area contributed by atoms with Crippen molar-refractivity contribution >= 4 is 11.9 Å². The zero-order valence-electron chi connectivity index (χ0n) is 18.3. The molecule has 0 N–H and O–H groups in total. The molecular weight excluding hydrogens is 388 g/mol. The van der Waals surface area contributed by atoms with E-state index in [1.807, 2.05) is 59.5 Å². The molecular formula is C26H28N2O3. The molecule has 0 aliphatic rings. The Balaban J connectivity index is 2.21. The Morgan fingerprint density at radius 2 is 1.68 bits per heavy atom.